The Morgan fingerprint density at radius 1 is 1.14 bits per heavy atom. The van der Waals surface area contributed by atoms with E-state index in [4.69, 9.17) is 0 Å². The predicted octanol–water partition coefficient (Wildman–Crippen LogP) is 3.77. The smallest absolute Gasteiger partial charge is 0.223 e. The summed E-state index contributed by atoms with van der Waals surface area (Å²) in [5, 5.41) is 3.22. The number of hydrogen-bond donors (Lipinski definition) is 1. The minimum absolute atomic E-state index is 0.238. The molecule has 0 heterocycles. The van der Waals surface area contributed by atoms with Crippen LogP contribution in [0.1, 0.15) is 57.6 Å². The highest BCUT2D eigenvalue weighted by atomic mass is 16.1. The molecular formula is C19H30N2O. The van der Waals surface area contributed by atoms with Gasteiger partial charge in [-0.3, -0.25) is 9.69 Å². The van der Waals surface area contributed by atoms with Crippen molar-refractivity contribution in [3.05, 3.63) is 35.9 Å². The van der Waals surface area contributed by atoms with E-state index in [1.54, 1.807) is 0 Å². The molecule has 1 aliphatic carbocycles. The number of nitrogens with zero attached hydrogens (tertiary/aromatic N) is 1. The normalized spacial score (nSPS) is 17.4. The first-order valence-electron chi connectivity index (χ1n) is 8.83. The fraction of sp³-hybridized carbons (Fsp3) is 0.632. The van der Waals surface area contributed by atoms with Gasteiger partial charge in [0.2, 0.25) is 5.91 Å². The van der Waals surface area contributed by atoms with E-state index in [1.165, 1.54) is 24.8 Å². The molecular weight excluding hydrogens is 272 g/mol. The van der Waals surface area contributed by atoms with Gasteiger partial charge in [0.15, 0.2) is 0 Å². The fourth-order valence-corrected chi connectivity index (χ4v) is 3.50. The number of amides is 1. The first-order valence-corrected chi connectivity index (χ1v) is 8.83. The highest BCUT2D eigenvalue weighted by Crippen LogP contribution is 2.24. The highest BCUT2D eigenvalue weighted by molar-refractivity contribution is 5.78. The molecule has 0 saturated heterocycles. The van der Waals surface area contributed by atoms with E-state index in [0.717, 1.165) is 25.9 Å². The Hall–Kier alpha value is -1.35. The molecule has 0 bridgehead atoms. The van der Waals surface area contributed by atoms with Gasteiger partial charge in [-0.2, -0.15) is 0 Å². The zero-order chi connectivity index (χ0) is 15.8. The number of benzene rings is 1. The molecule has 1 atom stereocenters. The molecule has 3 nitrogen and oxygen atoms in total. The maximum Gasteiger partial charge on any atom is 0.223 e. The van der Waals surface area contributed by atoms with E-state index < -0.39 is 0 Å². The summed E-state index contributed by atoms with van der Waals surface area (Å²) in [6, 6.07) is 10.8. The Labute approximate surface area is 135 Å². The summed E-state index contributed by atoms with van der Waals surface area (Å²) in [6.45, 7) is 7.07. The number of rotatable bonds is 7. The third-order valence-electron chi connectivity index (χ3n) is 4.88. The zero-order valence-electron chi connectivity index (χ0n) is 14.1. The van der Waals surface area contributed by atoms with Crippen LogP contribution in [0.5, 0.6) is 0 Å². The van der Waals surface area contributed by atoms with Gasteiger partial charge in [0.25, 0.3) is 0 Å². The van der Waals surface area contributed by atoms with Gasteiger partial charge in [-0.25, -0.2) is 0 Å². The fourth-order valence-electron chi connectivity index (χ4n) is 3.50. The summed E-state index contributed by atoms with van der Waals surface area (Å²) in [6.07, 6.45) is 5.82. The summed E-state index contributed by atoms with van der Waals surface area (Å²) in [5.74, 6) is 0.495. The molecule has 1 fully saturated rings. The third-order valence-corrected chi connectivity index (χ3v) is 4.88. The number of nitrogens with one attached hydrogen (secondary N) is 1. The quantitative estimate of drug-likeness (QED) is 0.831. The number of hydrogen-bond acceptors (Lipinski definition) is 2. The van der Waals surface area contributed by atoms with Crippen molar-refractivity contribution >= 4 is 5.91 Å². The van der Waals surface area contributed by atoms with Crippen molar-refractivity contribution in [2.45, 2.75) is 52.0 Å². The second-order valence-corrected chi connectivity index (χ2v) is 6.23. The molecule has 2 rings (SSSR count). The minimum Gasteiger partial charge on any atom is -0.354 e. The van der Waals surface area contributed by atoms with E-state index in [2.05, 4.69) is 48.3 Å². The largest absolute Gasteiger partial charge is 0.354 e. The molecule has 1 amide bonds. The summed E-state index contributed by atoms with van der Waals surface area (Å²) >= 11 is 0. The van der Waals surface area contributed by atoms with Gasteiger partial charge in [-0.05, 0) is 31.5 Å². The van der Waals surface area contributed by atoms with Crippen LogP contribution in [0.25, 0.3) is 0 Å². The number of likely N-dealkylation sites (N-methyl/N-ethyl adjacent to an activating group) is 1. The molecule has 0 aliphatic heterocycles. The second-order valence-electron chi connectivity index (χ2n) is 6.23. The van der Waals surface area contributed by atoms with Gasteiger partial charge in [0.1, 0.15) is 0 Å². The molecule has 1 aromatic rings. The molecule has 122 valence electrons. The van der Waals surface area contributed by atoms with E-state index in [1.807, 2.05) is 6.07 Å². The van der Waals surface area contributed by atoms with Crippen molar-refractivity contribution in [1.29, 1.82) is 0 Å². The zero-order valence-corrected chi connectivity index (χ0v) is 14.1. The Kier molecular flexibility index (Phi) is 6.91. The standard InChI is InChI=1S/C19H30N2O/c1-3-21(4-2)18(16-11-7-5-8-12-16)15-20-19(22)17-13-9-6-10-14-17/h5,7-8,11-12,17-18H,3-4,6,9-10,13-15H2,1-2H3,(H,20,22). The first kappa shape index (κ1) is 17.0. The molecule has 22 heavy (non-hydrogen) atoms. The average molecular weight is 302 g/mol. The van der Waals surface area contributed by atoms with Crippen molar-refractivity contribution in [1.82, 2.24) is 10.2 Å². The maximum atomic E-state index is 12.4. The Morgan fingerprint density at radius 3 is 2.36 bits per heavy atom. The topological polar surface area (TPSA) is 32.3 Å². The lowest BCUT2D eigenvalue weighted by molar-refractivity contribution is -0.126. The molecule has 0 aromatic heterocycles. The number of carbonyl (C=O) groups excluding carboxylic acids is 1. The van der Waals surface area contributed by atoms with Gasteiger partial charge >= 0.3 is 0 Å². The molecule has 1 saturated carbocycles. The SMILES string of the molecule is CCN(CC)C(CNC(=O)C1CCCCC1)c1ccccc1. The first-order chi connectivity index (χ1) is 10.8. The highest BCUT2D eigenvalue weighted by Gasteiger charge is 2.23. The molecule has 0 spiro atoms. The Balaban J connectivity index is 1.98. The lowest BCUT2D eigenvalue weighted by Crippen LogP contribution is -2.40. The third kappa shape index (κ3) is 4.57. The van der Waals surface area contributed by atoms with Crippen LogP contribution in [0.2, 0.25) is 0 Å². The van der Waals surface area contributed by atoms with Crippen LogP contribution in [0.4, 0.5) is 0 Å². The van der Waals surface area contributed by atoms with Gasteiger partial charge < -0.3 is 5.32 Å². The van der Waals surface area contributed by atoms with Crippen LogP contribution in [0.3, 0.4) is 0 Å². The van der Waals surface area contributed by atoms with Crippen LogP contribution < -0.4 is 5.32 Å². The summed E-state index contributed by atoms with van der Waals surface area (Å²) in [4.78, 5) is 14.8. The summed E-state index contributed by atoms with van der Waals surface area (Å²) < 4.78 is 0. The van der Waals surface area contributed by atoms with Crippen molar-refractivity contribution in [3.63, 3.8) is 0 Å². The molecule has 1 aromatic carbocycles. The van der Waals surface area contributed by atoms with Crippen molar-refractivity contribution in [2.75, 3.05) is 19.6 Å². The van der Waals surface area contributed by atoms with E-state index in [-0.39, 0.29) is 17.9 Å². The summed E-state index contributed by atoms with van der Waals surface area (Å²) in [7, 11) is 0. The van der Waals surface area contributed by atoms with Gasteiger partial charge in [0.05, 0.1) is 6.04 Å². The Bertz CT molecular complexity index is 436. The van der Waals surface area contributed by atoms with Gasteiger partial charge in [-0.15, -0.1) is 0 Å². The molecule has 1 N–H and O–H groups in total. The molecule has 0 radical (unpaired) electrons. The van der Waals surface area contributed by atoms with E-state index in [9.17, 15) is 4.79 Å². The Morgan fingerprint density at radius 2 is 1.77 bits per heavy atom. The van der Waals surface area contributed by atoms with Crippen molar-refractivity contribution < 1.29 is 4.79 Å². The number of carbonyl (C=O) groups is 1. The van der Waals surface area contributed by atoms with Gasteiger partial charge in [-0.1, -0.05) is 63.4 Å². The lowest BCUT2D eigenvalue weighted by atomic mass is 9.88. The van der Waals surface area contributed by atoms with E-state index >= 15 is 0 Å². The van der Waals surface area contributed by atoms with Crippen LogP contribution in [-0.2, 0) is 4.79 Å². The van der Waals surface area contributed by atoms with Crippen LogP contribution >= 0.6 is 0 Å². The minimum atomic E-state index is 0.238. The van der Waals surface area contributed by atoms with Crippen molar-refractivity contribution in [3.8, 4) is 0 Å². The second kappa shape index (κ2) is 8.94. The van der Waals surface area contributed by atoms with Crippen LogP contribution in [-0.4, -0.2) is 30.4 Å². The molecule has 1 aliphatic rings. The van der Waals surface area contributed by atoms with Gasteiger partial charge in [0, 0.05) is 12.5 Å². The van der Waals surface area contributed by atoms with Crippen molar-refractivity contribution in [2.24, 2.45) is 5.92 Å². The van der Waals surface area contributed by atoms with Crippen LogP contribution in [0, 0.1) is 5.92 Å². The predicted molar refractivity (Wildman–Crippen MR) is 91.7 cm³/mol. The van der Waals surface area contributed by atoms with Crippen LogP contribution in [0.15, 0.2) is 30.3 Å². The lowest BCUT2D eigenvalue weighted by Gasteiger charge is -2.31. The maximum absolute atomic E-state index is 12.4. The monoisotopic (exact) mass is 302 g/mol. The molecule has 1 unspecified atom stereocenters. The summed E-state index contributed by atoms with van der Waals surface area (Å²) in [5.41, 5.74) is 1.29. The molecule has 3 heteroatoms. The average Bonchev–Trinajstić information content (AvgIpc) is 2.60. The van der Waals surface area contributed by atoms with E-state index in [0.29, 0.717) is 6.54 Å².